The van der Waals surface area contributed by atoms with Gasteiger partial charge >= 0.3 is 0 Å². The standard InChI is InChI=1S/C18H21N5O2S.ClH/c1-11-9-21-14(10-20-11)16(24)22-12-4-5-15(25-3)13(8-12)18(2)6-7-26-17(19)23-18;/h4-5,8-10H,6-7H2,1-3H3,(H2,19,23)(H,22,24);1H/t18-;/m0./s1. The lowest BCUT2D eigenvalue weighted by Crippen LogP contribution is -2.29. The lowest BCUT2D eigenvalue weighted by atomic mass is 9.88. The van der Waals surface area contributed by atoms with Crippen molar-refractivity contribution in [1.82, 2.24) is 9.97 Å². The van der Waals surface area contributed by atoms with Crippen molar-refractivity contribution in [2.75, 3.05) is 18.2 Å². The number of aliphatic imine (C=N–C) groups is 1. The minimum Gasteiger partial charge on any atom is -0.496 e. The van der Waals surface area contributed by atoms with E-state index in [0.29, 0.717) is 16.6 Å². The van der Waals surface area contributed by atoms with Gasteiger partial charge in [-0.25, -0.2) is 4.98 Å². The molecule has 1 amide bonds. The summed E-state index contributed by atoms with van der Waals surface area (Å²) in [6.07, 6.45) is 3.85. The van der Waals surface area contributed by atoms with Crippen LogP contribution in [-0.2, 0) is 5.54 Å². The molecule has 1 atom stereocenters. The molecule has 3 rings (SSSR count). The molecule has 1 aromatic carbocycles. The minimum absolute atomic E-state index is 0. The fourth-order valence-electron chi connectivity index (χ4n) is 2.79. The molecule has 2 heterocycles. The molecule has 2 aromatic rings. The maximum atomic E-state index is 12.4. The van der Waals surface area contributed by atoms with Crippen LogP contribution in [0.1, 0.15) is 35.1 Å². The molecule has 1 aliphatic rings. The van der Waals surface area contributed by atoms with E-state index in [1.165, 1.54) is 6.20 Å². The van der Waals surface area contributed by atoms with Crippen LogP contribution >= 0.6 is 24.2 Å². The number of methoxy groups -OCH3 is 1. The third kappa shape index (κ3) is 4.70. The molecule has 0 spiro atoms. The number of amidine groups is 1. The summed E-state index contributed by atoms with van der Waals surface area (Å²) in [6.45, 7) is 3.84. The Morgan fingerprint density at radius 1 is 1.33 bits per heavy atom. The molecule has 0 aliphatic carbocycles. The first-order chi connectivity index (χ1) is 12.4. The molecule has 0 fully saturated rings. The van der Waals surface area contributed by atoms with Crippen LogP contribution in [0, 0.1) is 6.92 Å². The summed E-state index contributed by atoms with van der Waals surface area (Å²) in [5, 5.41) is 3.42. The second-order valence-electron chi connectivity index (χ2n) is 6.23. The third-order valence-corrected chi connectivity index (χ3v) is 5.04. The van der Waals surface area contributed by atoms with Crippen molar-refractivity contribution < 1.29 is 9.53 Å². The summed E-state index contributed by atoms with van der Waals surface area (Å²) in [5.41, 5.74) is 7.98. The molecule has 3 N–H and O–H groups in total. The zero-order valence-corrected chi connectivity index (χ0v) is 17.0. The Morgan fingerprint density at radius 2 is 2.11 bits per heavy atom. The predicted octanol–water partition coefficient (Wildman–Crippen LogP) is 3.13. The highest BCUT2D eigenvalue weighted by Gasteiger charge is 2.32. The average Bonchev–Trinajstić information content (AvgIpc) is 2.62. The highest BCUT2D eigenvalue weighted by molar-refractivity contribution is 8.13. The Bertz CT molecular complexity index is 859. The molecule has 9 heteroatoms. The number of rotatable bonds is 4. The van der Waals surface area contributed by atoms with Gasteiger partial charge in [0.1, 0.15) is 11.4 Å². The molecule has 0 bridgehead atoms. The second kappa shape index (κ2) is 8.58. The molecule has 0 saturated heterocycles. The van der Waals surface area contributed by atoms with Crippen molar-refractivity contribution in [2.24, 2.45) is 10.7 Å². The SMILES string of the molecule is COc1ccc(NC(=O)c2cnc(C)cn2)cc1[C@]1(C)CCSC(N)=N1.Cl. The number of nitrogens with two attached hydrogens (primary N) is 1. The van der Waals surface area contributed by atoms with Gasteiger partial charge in [0.25, 0.3) is 5.91 Å². The number of anilines is 1. The van der Waals surface area contributed by atoms with Crippen molar-refractivity contribution in [3.63, 3.8) is 0 Å². The van der Waals surface area contributed by atoms with Gasteiger partial charge < -0.3 is 15.8 Å². The number of amides is 1. The van der Waals surface area contributed by atoms with Crippen LogP contribution in [0.4, 0.5) is 5.69 Å². The zero-order valence-electron chi connectivity index (χ0n) is 15.4. The lowest BCUT2D eigenvalue weighted by Gasteiger charge is -2.31. The topological polar surface area (TPSA) is 102 Å². The first-order valence-corrected chi connectivity index (χ1v) is 9.16. The number of halogens is 1. The zero-order chi connectivity index (χ0) is 18.7. The van der Waals surface area contributed by atoms with Crippen LogP contribution in [0.3, 0.4) is 0 Å². The summed E-state index contributed by atoms with van der Waals surface area (Å²) in [6, 6.07) is 5.49. The first kappa shape index (κ1) is 21.0. The van der Waals surface area contributed by atoms with E-state index >= 15 is 0 Å². The summed E-state index contributed by atoms with van der Waals surface area (Å²) in [4.78, 5) is 25.2. The largest absolute Gasteiger partial charge is 0.496 e. The van der Waals surface area contributed by atoms with E-state index in [2.05, 4.69) is 20.3 Å². The van der Waals surface area contributed by atoms with Crippen LogP contribution in [0.2, 0.25) is 0 Å². The van der Waals surface area contributed by atoms with Crippen LogP contribution in [0.5, 0.6) is 5.75 Å². The van der Waals surface area contributed by atoms with Gasteiger partial charge in [-0.2, -0.15) is 0 Å². The van der Waals surface area contributed by atoms with E-state index in [1.807, 2.05) is 26.0 Å². The Kier molecular flexibility index (Phi) is 6.67. The summed E-state index contributed by atoms with van der Waals surface area (Å²) in [5.74, 6) is 1.27. The predicted molar refractivity (Wildman–Crippen MR) is 111 cm³/mol. The van der Waals surface area contributed by atoms with Gasteiger partial charge in [-0.3, -0.25) is 14.8 Å². The molecule has 27 heavy (non-hydrogen) atoms. The number of nitrogens with zero attached hydrogens (tertiary/aromatic N) is 3. The maximum Gasteiger partial charge on any atom is 0.275 e. The minimum atomic E-state index is -0.495. The molecule has 0 saturated carbocycles. The number of thioether (sulfide) groups is 1. The van der Waals surface area contributed by atoms with Gasteiger partial charge in [0.05, 0.1) is 24.5 Å². The number of aromatic nitrogens is 2. The summed E-state index contributed by atoms with van der Waals surface area (Å²) < 4.78 is 5.50. The first-order valence-electron chi connectivity index (χ1n) is 8.18. The number of hydrogen-bond acceptors (Lipinski definition) is 7. The van der Waals surface area contributed by atoms with E-state index in [-0.39, 0.29) is 24.0 Å². The quantitative estimate of drug-likeness (QED) is 0.807. The van der Waals surface area contributed by atoms with Gasteiger partial charge in [0.2, 0.25) is 0 Å². The fourth-order valence-corrected chi connectivity index (χ4v) is 3.77. The Labute approximate surface area is 168 Å². The monoisotopic (exact) mass is 407 g/mol. The average molecular weight is 408 g/mol. The number of carbonyl (C=O) groups excluding carboxylic acids is 1. The Morgan fingerprint density at radius 3 is 2.74 bits per heavy atom. The molecule has 7 nitrogen and oxygen atoms in total. The van der Waals surface area contributed by atoms with Crippen LogP contribution in [0.15, 0.2) is 35.6 Å². The highest BCUT2D eigenvalue weighted by Crippen LogP contribution is 2.40. The number of aryl methyl sites for hydroxylation is 1. The number of nitrogens with one attached hydrogen (secondary N) is 1. The van der Waals surface area contributed by atoms with Crippen LogP contribution < -0.4 is 15.8 Å². The van der Waals surface area contributed by atoms with Crippen LogP contribution in [-0.4, -0.2) is 33.9 Å². The number of benzene rings is 1. The van der Waals surface area contributed by atoms with Crippen molar-refractivity contribution >= 4 is 40.9 Å². The Balaban J connectivity index is 0.00000261. The number of hydrogen-bond donors (Lipinski definition) is 2. The molecule has 0 unspecified atom stereocenters. The van der Waals surface area contributed by atoms with E-state index in [9.17, 15) is 4.79 Å². The number of carbonyl (C=O) groups is 1. The third-order valence-electron chi connectivity index (χ3n) is 4.25. The lowest BCUT2D eigenvalue weighted by molar-refractivity contribution is 0.102. The number of ether oxygens (including phenoxy) is 1. The smallest absolute Gasteiger partial charge is 0.275 e. The fraction of sp³-hybridized carbons (Fsp3) is 0.333. The Hall–Kier alpha value is -2.32. The molecule has 1 aromatic heterocycles. The van der Waals surface area contributed by atoms with Gasteiger partial charge in [0.15, 0.2) is 5.17 Å². The van der Waals surface area contributed by atoms with Gasteiger partial charge in [-0.15, -0.1) is 12.4 Å². The van der Waals surface area contributed by atoms with Crippen molar-refractivity contribution in [1.29, 1.82) is 0 Å². The molecule has 144 valence electrons. The molecular weight excluding hydrogens is 386 g/mol. The van der Waals surface area contributed by atoms with Crippen molar-refractivity contribution in [3.05, 3.63) is 47.5 Å². The molecule has 0 radical (unpaired) electrons. The summed E-state index contributed by atoms with van der Waals surface area (Å²) in [7, 11) is 1.62. The van der Waals surface area contributed by atoms with Crippen molar-refractivity contribution in [3.8, 4) is 5.75 Å². The van der Waals surface area contributed by atoms with Crippen LogP contribution in [0.25, 0.3) is 0 Å². The van der Waals surface area contributed by atoms with E-state index in [4.69, 9.17) is 10.5 Å². The van der Waals surface area contributed by atoms with E-state index in [0.717, 1.165) is 23.4 Å². The molecule has 1 aliphatic heterocycles. The molecular formula is C18H22ClN5O2S. The van der Waals surface area contributed by atoms with Crippen molar-refractivity contribution in [2.45, 2.75) is 25.8 Å². The van der Waals surface area contributed by atoms with Gasteiger partial charge in [0, 0.05) is 23.2 Å². The van der Waals surface area contributed by atoms with E-state index in [1.54, 1.807) is 31.1 Å². The van der Waals surface area contributed by atoms with Gasteiger partial charge in [-0.1, -0.05) is 11.8 Å². The maximum absolute atomic E-state index is 12.4. The van der Waals surface area contributed by atoms with Gasteiger partial charge in [-0.05, 0) is 38.5 Å². The second-order valence-corrected chi connectivity index (χ2v) is 7.35. The summed E-state index contributed by atoms with van der Waals surface area (Å²) >= 11 is 1.54. The van der Waals surface area contributed by atoms with E-state index < -0.39 is 5.54 Å². The highest BCUT2D eigenvalue weighted by atomic mass is 35.5. The normalized spacial score (nSPS) is 18.9.